The van der Waals surface area contributed by atoms with Crippen molar-refractivity contribution in [3.8, 4) is 0 Å². The molecule has 20 heavy (non-hydrogen) atoms. The van der Waals surface area contributed by atoms with E-state index in [2.05, 4.69) is 15.9 Å². The third kappa shape index (κ3) is 2.26. The maximum absolute atomic E-state index is 12.7. The van der Waals surface area contributed by atoms with Gasteiger partial charge in [0.05, 0.1) is 13.2 Å². The molecule has 1 saturated carbocycles. The Hall–Kier alpha value is -0.620. The van der Waals surface area contributed by atoms with E-state index in [4.69, 9.17) is 4.74 Å². The van der Waals surface area contributed by atoms with Crippen LogP contribution in [0.25, 0.3) is 0 Å². The van der Waals surface area contributed by atoms with E-state index in [-0.39, 0.29) is 11.8 Å². The smallest absolute Gasteiger partial charge is 0.226 e. The molecule has 1 heterocycles. The van der Waals surface area contributed by atoms with E-state index in [1.165, 1.54) is 0 Å². The SMILES string of the molecule is C[C@]1(CBr)[C@H](C(=O)N2CCOCC2)CC[C@]1(C)C(=O)[O-]. The quantitative estimate of drug-likeness (QED) is 0.694. The number of halogens is 1. The predicted octanol–water partition coefficient (Wildman–Crippen LogP) is 0.413. The van der Waals surface area contributed by atoms with Crippen molar-refractivity contribution < 1.29 is 19.4 Å². The second kappa shape index (κ2) is 5.64. The summed E-state index contributed by atoms with van der Waals surface area (Å²) in [5, 5.41) is 12.0. The molecule has 0 aromatic heterocycles. The molecule has 1 amide bonds. The van der Waals surface area contributed by atoms with Crippen LogP contribution >= 0.6 is 15.9 Å². The molecular formula is C14H21BrNO4-. The van der Waals surface area contributed by atoms with Gasteiger partial charge in [-0.1, -0.05) is 29.8 Å². The number of carboxylic acids is 1. The minimum atomic E-state index is -1.06. The summed E-state index contributed by atoms with van der Waals surface area (Å²) >= 11 is 3.42. The van der Waals surface area contributed by atoms with E-state index >= 15 is 0 Å². The zero-order chi connectivity index (χ0) is 15.0. The van der Waals surface area contributed by atoms with Gasteiger partial charge in [-0.3, -0.25) is 4.79 Å². The summed E-state index contributed by atoms with van der Waals surface area (Å²) in [4.78, 5) is 26.1. The number of aliphatic carboxylic acids is 1. The third-order valence-electron chi connectivity index (χ3n) is 5.31. The van der Waals surface area contributed by atoms with Crippen molar-refractivity contribution in [1.82, 2.24) is 4.90 Å². The Kier molecular flexibility index (Phi) is 4.44. The third-order valence-corrected chi connectivity index (χ3v) is 6.48. The van der Waals surface area contributed by atoms with E-state index in [1.807, 2.05) is 6.92 Å². The number of hydrogen-bond donors (Lipinski definition) is 0. The number of carbonyl (C=O) groups excluding carboxylic acids is 2. The second-order valence-electron chi connectivity index (χ2n) is 6.20. The Morgan fingerprint density at radius 2 is 1.95 bits per heavy atom. The molecule has 2 aliphatic rings. The van der Waals surface area contributed by atoms with E-state index < -0.39 is 16.8 Å². The molecule has 0 aromatic carbocycles. The standard InChI is InChI=1S/C14H22BrNO4/c1-13(12(18)19)4-3-10(14(13,2)9-15)11(17)16-5-7-20-8-6-16/h10H,3-9H2,1-2H3,(H,18,19)/p-1/t10-,13+,14-/m0/s1. The number of amides is 1. The number of rotatable bonds is 3. The molecule has 1 saturated heterocycles. The van der Waals surface area contributed by atoms with Gasteiger partial charge in [0.2, 0.25) is 5.91 Å². The lowest BCUT2D eigenvalue weighted by Crippen LogP contribution is -2.54. The highest BCUT2D eigenvalue weighted by atomic mass is 79.9. The lowest BCUT2D eigenvalue weighted by atomic mass is 9.65. The number of carbonyl (C=O) groups is 2. The zero-order valence-corrected chi connectivity index (χ0v) is 13.6. The van der Waals surface area contributed by atoms with E-state index in [0.29, 0.717) is 44.5 Å². The Morgan fingerprint density at radius 1 is 1.35 bits per heavy atom. The molecule has 2 rings (SSSR count). The molecule has 0 spiro atoms. The molecule has 2 fully saturated rings. The molecule has 5 nitrogen and oxygen atoms in total. The van der Waals surface area contributed by atoms with Gasteiger partial charge in [-0.05, 0) is 18.3 Å². The fraction of sp³-hybridized carbons (Fsp3) is 0.857. The minimum Gasteiger partial charge on any atom is -0.550 e. The Bertz CT molecular complexity index is 410. The van der Waals surface area contributed by atoms with E-state index in [0.717, 1.165) is 0 Å². The number of alkyl halides is 1. The van der Waals surface area contributed by atoms with Crippen LogP contribution in [0.2, 0.25) is 0 Å². The molecule has 0 unspecified atom stereocenters. The van der Waals surface area contributed by atoms with Crippen LogP contribution in [0.4, 0.5) is 0 Å². The van der Waals surface area contributed by atoms with E-state index in [9.17, 15) is 14.7 Å². The lowest BCUT2D eigenvalue weighted by Gasteiger charge is -2.44. The lowest BCUT2D eigenvalue weighted by molar-refractivity contribution is -0.322. The Balaban J connectivity index is 2.24. The van der Waals surface area contributed by atoms with Crippen LogP contribution in [-0.4, -0.2) is 48.4 Å². The second-order valence-corrected chi connectivity index (χ2v) is 6.76. The van der Waals surface area contributed by atoms with Crippen molar-refractivity contribution >= 4 is 27.8 Å². The molecule has 1 aliphatic heterocycles. The number of hydrogen-bond acceptors (Lipinski definition) is 4. The number of morpholine rings is 1. The summed E-state index contributed by atoms with van der Waals surface area (Å²) in [5.41, 5.74) is -1.59. The molecule has 6 heteroatoms. The molecule has 0 N–H and O–H groups in total. The normalized spacial score (nSPS) is 38.0. The summed E-state index contributed by atoms with van der Waals surface area (Å²) in [7, 11) is 0. The molecule has 114 valence electrons. The van der Waals surface area contributed by atoms with Crippen molar-refractivity contribution in [2.24, 2.45) is 16.7 Å². The average Bonchev–Trinajstić information content (AvgIpc) is 2.73. The summed E-state index contributed by atoms with van der Waals surface area (Å²) in [6.07, 6.45) is 1.08. The largest absolute Gasteiger partial charge is 0.550 e. The number of ether oxygens (including phenoxy) is 1. The van der Waals surface area contributed by atoms with Crippen LogP contribution in [0.5, 0.6) is 0 Å². The molecule has 1 aliphatic carbocycles. The van der Waals surface area contributed by atoms with Crippen LogP contribution in [0.15, 0.2) is 0 Å². The van der Waals surface area contributed by atoms with Crippen LogP contribution in [0, 0.1) is 16.7 Å². The minimum absolute atomic E-state index is 0.0558. The highest BCUT2D eigenvalue weighted by Gasteiger charge is 2.57. The average molecular weight is 347 g/mol. The first-order chi connectivity index (χ1) is 9.37. The fourth-order valence-electron chi connectivity index (χ4n) is 3.40. The maximum atomic E-state index is 12.7. The van der Waals surface area contributed by atoms with Gasteiger partial charge in [0, 0.05) is 35.7 Å². The summed E-state index contributed by atoms with van der Waals surface area (Å²) in [5.74, 6) is -1.28. The van der Waals surface area contributed by atoms with Crippen molar-refractivity contribution in [2.45, 2.75) is 26.7 Å². The fourth-order valence-corrected chi connectivity index (χ4v) is 4.41. The summed E-state index contributed by atoms with van der Waals surface area (Å²) in [6.45, 7) is 5.89. The Labute approximate surface area is 127 Å². The van der Waals surface area contributed by atoms with Crippen LogP contribution in [-0.2, 0) is 14.3 Å². The van der Waals surface area contributed by atoms with Gasteiger partial charge in [-0.2, -0.15) is 0 Å². The highest BCUT2D eigenvalue weighted by molar-refractivity contribution is 9.09. The topological polar surface area (TPSA) is 69.7 Å². The van der Waals surface area contributed by atoms with Gasteiger partial charge < -0.3 is 19.5 Å². The van der Waals surface area contributed by atoms with Crippen molar-refractivity contribution in [3.63, 3.8) is 0 Å². The Morgan fingerprint density at radius 3 is 2.45 bits per heavy atom. The van der Waals surface area contributed by atoms with Crippen LogP contribution < -0.4 is 5.11 Å². The van der Waals surface area contributed by atoms with Crippen LogP contribution in [0.3, 0.4) is 0 Å². The van der Waals surface area contributed by atoms with Gasteiger partial charge in [0.15, 0.2) is 0 Å². The monoisotopic (exact) mass is 346 g/mol. The van der Waals surface area contributed by atoms with Gasteiger partial charge in [-0.25, -0.2) is 0 Å². The van der Waals surface area contributed by atoms with E-state index in [1.54, 1.807) is 11.8 Å². The first kappa shape index (κ1) is 15.8. The molecule has 0 aromatic rings. The number of carboxylic acid groups (broad SMARTS) is 1. The molecular weight excluding hydrogens is 326 g/mol. The summed E-state index contributed by atoms with van der Waals surface area (Å²) < 4.78 is 5.26. The first-order valence-corrected chi connectivity index (χ1v) is 8.13. The number of nitrogens with zero attached hydrogens (tertiary/aromatic N) is 1. The van der Waals surface area contributed by atoms with Crippen molar-refractivity contribution in [3.05, 3.63) is 0 Å². The molecule has 0 radical (unpaired) electrons. The van der Waals surface area contributed by atoms with Gasteiger partial charge in [-0.15, -0.1) is 0 Å². The van der Waals surface area contributed by atoms with Crippen LogP contribution in [0.1, 0.15) is 26.7 Å². The first-order valence-electron chi connectivity index (χ1n) is 7.01. The highest BCUT2D eigenvalue weighted by Crippen LogP contribution is 2.57. The molecule has 3 atom stereocenters. The van der Waals surface area contributed by atoms with Gasteiger partial charge in [0.25, 0.3) is 0 Å². The van der Waals surface area contributed by atoms with Gasteiger partial charge in [0.1, 0.15) is 0 Å². The summed E-state index contributed by atoms with van der Waals surface area (Å²) in [6, 6.07) is 0. The van der Waals surface area contributed by atoms with Crippen molar-refractivity contribution in [1.29, 1.82) is 0 Å². The maximum Gasteiger partial charge on any atom is 0.226 e. The molecule has 0 bridgehead atoms. The van der Waals surface area contributed by atoms with Gasteiger partial charge >= 0.3 is 0 Å². The zero-order valence-electron chi connectivity index (χ0n) is 12.0. The van der Waals surface area contributed by atoms with Crippen molar-refractivity contribution in [2.75, 3.05) is 31.6 Å². The predicted molar refractivity (Wildman–Crippen MR) is 75.1 cm³/mol.